The van der Waals surface area contributed by atoms with Gasteiger partial charge in [-0.25, -0.2) is 4.98 Å². The van der Waals surface area contributed by atoms with Crippen molar-refractivity contribution in [3.8, 4) is 33.8 Å². The number of benzene rings is 3. The SMILES string of the molecule is Cc1c(-c2ccc(N3c4ccccc4C4(C)C=CC=CC34)cc2)cc(-c2ccccn2)nc1-c1ccccc1. The van der Waals surface area contributed by atoms with E-state index in [2.05, 4.69) is 127 Å². The Morgan fingerprint density at radius 2 is 1.51 bits per heavy atom. The normalized spacial score (nSPS) is 19.1. The number of allylic oxidation sites excluding steroid dienone is 2. The lowest BCUT2D eigenvalue weighted by Crippen LogP contribution is -2.39. The molecule has 188 valence electrons. The summed E-state index contributed by atoms with van der Waals surface area (Å²) in [6, 6.07) is 36.6. The molecule has 3 heteroatoms. The zero-order chi connectivity index (χ0) is 26.4. The topological polar surface area (TPSA) is 29.0 Å². The summed E-state index contributed by atoms with van der Waals surface area (Å²) < 4.78 is 0. The highest BCUT2D eigenvalue weighted by atomic mass is 15.2. The van der Waals surface area contributed by atoms with E-state index in [1.54, 1.807) is 0 Å². The van der Waals surface area contributed by atoms with Crippen molar-refractivity contribution < 1.29 is 0 Å². The standard InChI is InChI=1S/C36H29N3/c1-25-29(24-32(31-15-9-11-23-37-31)38-35(25)27-12-4-3-5-13-27)26-18-20-28(21-19-26)39-33-16-7-6-14-30(33)36(2)22-10-8-17-34(36)39/h3-24,34H,1-2H3. The van der Waals surface area contributed by atoms with Gasteiger partial charge in [-0.05, 0) is 72.5 Å². The van der Waals surface area contributed by atoms with Crippen LogP contribution in [0.2, 0.25) is 0 Å². The minimum absolute atomic E-state index is 0.0477. The van der Waals surface area contributed by atoms with Gasteiger partial charge in [0.05, 0.1) is 23.1 Å². The molecule has 0 amide bonds. The quantitative estimate of drug-likeness (QED) is 0.246. The molecule has 1 aliphatic heterocycles. The van der Waals surface area contributed by atoms with Gasteiger partial charge in [0.1, 0.15) is 0 Å². The molecule has 39 heavy (non-hydrogen) atoms. The Kier molecular flexibility index (Phi) is 5.52. The Balaban J connectivity index is 1.34. The fourth-order valence-electron chi connectivity index (χ4n) is 6.15. The summed E-state index contributed by atoms with van der Waals surface area (Å²) in [6.45, 7) is 4.51. The second-order valence-corrected chi connectivity index (χ2v) is 10.5. The number of nitrogens with zero attached hydrogens (tertiary/aromatic N) is 3. The van der Waals surface area contributed by atoms with Gasteiger partial charge in [-0.2, -0.15) is 0 Å². The Hall–Kier alpha value is -4.76. The number of aromatic nitrogens is 2. The van der Waals surface area contributed by atoms with Crippen LogP contribution in [0.4, 0.5) is 11.4 Å². The third-order valence-corrected chi connectivity index (χ3v) is 8.19. The molecule has 2 aliphatic rings. The molecule has 2 unspecified atom stereocenters. The molecule has 0 radical (unpaired) electrons. The van der Waals surface area contributed by atoms with Gasteiger partial charge in [-0.3, -0.25) is 4.98 Å². The Morgan fingerprint density at radius 3 is 2.31 bits per heavy atom. The molecular weight excluding hydrogens is 474 g/mol. The number of rotatable bonds is 4. The molecule has 7 rings (SSSR count). The van der Waals surface area contributed by atoms with Gasteiger partial charge in [0.25, 0.3) is 0 Å². The average Bonchev–Trinajstić information content (AvgIpc) is 3.27. The number of hydrogen-bond donors (Lipinski definition) is 0. The van der Waals surface area contributed by atoms with Gasteiger partial charge < -0.3 is 4.90 Å². The van der Waals surface area contributed by atoms with Crippen molar-refractivity contribution in [1.82, 2.24) is 9.97 Å². The van der Waals surface area contributed by atoms with Crippen molar-refractivity contribution in [2.75, 3.05) is 4.90 Å². The van der Waals surface area contributed by atoms with Gasteiger partial charge in [-0.1, -0.05) is 91.0 Å². The summed E-state index contributed by atoms with van der Waals surface area (Å²) in [5.74, 6) is 0. The van der Waals surface area contributed by atoms with Gasteiger partial charge in [-0.15, -0.1) is 0 Å². The first-order valence-corrected chi connectivity index (χ1v) is 13.5. The smallest absolute Gasteiger partial charge is 0.0900 e. The summed E-state index contributed by atoms with van der Waals surface area (Å²) >= 11 is 0. The second-order valence-electron chi connectivity index (χ2n) is 10.5. The maximum absolute atomic E-state index is 5.07. The van der Waals surface area contributed by atoms with Crippen LogP contribution in [0.15, 0.2) is 134 Å². The van der Waals surface area contributed by atoms with Crippen molar-refractivity contribution >= 4 is 11.4 Å². The zero-order valence-electron chi connectivity index (χ0n) is 22.1. The molecule has 0 bridgehead atoms. The summed E-state index contributed by atoms with van der Waals surface area (Å²) in [7, 11) is 0. The van der Waals surface area contributed by atoms with Gasteiger partial charge in [0.2, 0.25) is 0 Å². The maximum atomic E-state index is 5.07. The van der Waals surface area contributed by atoms with Crippen molar-refractivity contribution in [3.63, 3.8) is 0 Å². The van der Waals surface area contributed by atoms with Gasteiger partial charge >= 0.3 is 0 Å². The van der Waals surface area contributed by atoms with Gasteiger partial charge in [0.15, 0.2) is 0 Å². The number of para-hydroxylation sites is 1. The van der Waals surface area contributed by atoms with Crippen molar-refractivity contribution in [1.29, 1.82) is 0 Å². The molecule has 0 saturated heterocycles. The Morgan fingerprint density at radius 1 is 0.744 bits per heavy atom. The summed E-state index contributed by atoms with van der Waals surface area (Å²) in [4.78, 5) is 12.2. The molecule has 0 saturated carbocycles. The monoisotopic (exact) mass is 503 g/mol. The third kappa shape index (κ3) is 3.81. The summed E-state index contributed by atoms with van der Waals surface area (Å²) in [5, 5.41) is 0. The number of anilines is 2. The van der Waals surface area contributed by atoms with Crippen LogP contribution >= 0.6 is 0 Å². The number of fused-ring (bicyclic) bond motifs is 3. The van der Waals surface area contributed by atoms with Crippen LogP contribution < -0.4 is 4.90 Å². The van der Waals surface area contributed by atoms with Crippen LogP contribution in [0.1, 0.15) is 18.1 Å². The van der Waals surface area contributed by atoms with Crippen molar-refractivity contribution in [2.45, 2.75) is 25.3 Å². The summed E-state index contributed by atoms with van der Waals surface area (Å²) in [5.41, 5.74) is 11.1. The predicted octanol–water partition coefficient (Wildman–Crippen LogP) is 8.69. The molecule has 0 fully saturated rings. The van der Waals surface area contributed by atoms with Crippen LogP contribution in [0, 0.1) is 6.92 Å². The number of hydrogen-bond acceptors (Lipinski definition) is 3. The zero-order valence-corrected chi connectivity index (χ0v) is 22.1. The minimum atomic E-state index is -0.0477. The molecule has 5 aromatic rings. The lowest BCUT2D eigenvalue weighted by molar-refractivity contribution is 0.551. The largest absolute Gasteiger partial charge is 0.333 e. The first kappa shape index (κ1) is 23.4. The molecule has 3 aromatic carbocycles. The predicted molar refractivity (Wildman–Crippen MR) is 161 cm³/mol. The molecule has 0 N–H and O–H groups in total. The van der Waals surface area contributed by atoms with E-state index in [4.69, 9.17) is 4.98 Å². The van der Waals surface area contributed by atoms with Crippen molar-refractivity contribution in [3.05, 3.63) is 145 Å². The van der Waals surface area contributed by atoms with Crippen LogP contribution in [-0.4, -0.2) is 16.0 Å². The van der Waals surface area contributed by atoms with Crippen LogP contribution in [-0.2, 0) is 5.41 Å². The van der Waals surface area contributed by atoms with Crippen LogP contribution in [0.5, 0.6) is 0 Å². The van der Waals surface area contributed by atoms with Crippen LogP contribution in [0.25, 0.3) is 33.8 Å². The highest BCUT2D eigenvalue weighted by Gasteiger charge is 2.46. The molecule has 0 spiro atoms. The Bertz CT molecular complexity index is 1720. The molecule has 3 nitrogen and oxygen atoms in total. The van der Waals surface area contributed by atoms with Crippen LogP contribution in [0.3, 0.4) is 0 Å². The molecule has 3 heterocycles. The third-order valence-electron chi connectivity index (χ3n) is 8.19. The van der Waals surface area contributed by atoms with Crippen molar-refractivity contribution in [2.24, 2.45) is 0 Å². The van der Waals surface area contributed by atoms with E-state index in [1.807, 2.05) is 30.5 Å². The highest BCUT2D eigenvalue weighted by Crippen LogP contribution is 2.51. The molecule has 2 atom stereocenters. The summed E-state index contributed by atoms with van der Waals surface area (Å²) in [6.07, 6.45) is 10.8. The minimum Gasteiger partial charge on any atom is -0.333 e. The lowest BCUT2D eigenvalue weighted by Gasteiger charge is -2.34. The second kappa shape index (κ2) is 9.21. The maximum Gasteiger partial charge on any atom is 0.0900 e. The first-order chi connectivity index (χ1) is 19.1. The molecular formula is C36H29N3. The fourth-order valence-corrected chi connectivity index (χ4v) is 6.15. The first-order valence-electron chi connectivity index (χ1n) is 13.5. The van der Waals surface area contributed by atoms with E-state index < -0.39 is 0 Å². The van der Waals surface area contributed by atoms with E-state index in [-0.39, 0.29) is 11.5 Å². The Labute approximate surface area is 229 Å². The lowest BCUT2D eigenvalue weighted by atomic mass is 9.76. The highest BCUT2D eigenvalue weighted by molar-refractivity contribution is 5.82. The van der Waals surface area contributed by atoms with Gasteiger partial charge in [0, 0.05) is 28.6 Å². The number of pyridine rings is 2. The van der Waals surface area contributed by atoms with E-state index in [1.165, 1.54) is 28.1 Å². The van der Waals surface area contributed by atoms with E-state index >= 15 is 0 Å². The van der Waals surface area contributed by atoms with E-state index in [0.717, 1.165) is 28.2 Å². The van der Waals surface area contributed by atoms with E-state index in [0.29, 0.717) is 0 Å². The fraction of sp³-hybridized carbons (Fsp3) is 0.111. The molecule has 2 aromatic heterocycles. The average molecular weight is 504 g/mol. The molecule has 1 aliphatic carbocycles. The van der Waals surface area contributed by atoms with E-state index in [9.17, 15) is 0 Å².